The van der Waals surface area contributed by atoms with Gasteiger partial charge in [-0.25, -0.2) is 0 Å². The molecule has 0 saturated carbocycles. The zero-order valence-corrected chi connectivity index (χ0v) is 10.3. The van der Waals surface area contributed by atoms with Crippen LogP contribution in [0.5, 0.6) is 11.5 Å². The normalized spacial score (nSPS) is 12.3. The first-order chi connectivity index (χ1) is 8.70. The molecule has 0 aliphatic rings. The molecule has 18 heavy (non-hydrogen) atoms. The summed E-state index contributed by atoms with van der Waals surface area (Å²) >= 11 is 0. The molecule has 2 N–H and O–H groups in total. The molecular weight excluding hydrogens is 234 g/mol. The van der Waals surface area contributed by atoms with Crippen molar-refractivity contribution in [1.29, 1.82) is 0 Å². The Balaban J connectivity index is 2.05. The van der Waals surface area contributed by atoms with E-state index in [0.29, 0.717) is 18.1 Å². The fourth-order valence-corrected chi connectivity index (χ4v) is 1.63. The third kappa shape index (κ3) is 2.78. The van der Waals surface area contributed by atoms with Gasteiger partial charge >= 0.3 is 0 Å². The molecule has 0 spiro atoms. The fourth-order valence-electron chi connectivity index (χ4n) is 1.63. The van der Waals surface area contributed by atoms with Crippen LogP contribution in [0.4, 0.5) is 0 Å². The molecule has 0 aliphatic carbocycles. The Hall–Kier alpha value is -2.08. The van der Waals surface area contributed by atoms with Gasteiger partial charge in [-0.05, 0) is 25.1 Å². The van der Waals surface area contributed by atoms with Gasteiger partial charge in [0.2, 0.25) is 6.39 Å². The standard InChI is InChI=1S/C12H15N3O3/c1-8(13-6-12-14-7-18-15-12)10-5-9(17-2)3-4-11(10)16/h3-5,7-8,13,16H,6H2,1-2H3. The maximum Gasteiger partial charge on any atom is 0.213 e. The van der Waals surface area contributed by atoms with Gasteiger partial charge in [0.05, 0.1) is 13.7 Å². The SMILES string of the molecule is COc1ccc(O)c(C(C)NCc2ncon2)c1. The van der Waals surface area contributed by atoms with Crippen LogP contribution in [-0.2, 0) is 6.54 Å². The van der Waals surface area contributed by atoms with E-state index in [1.165, 1.54) is 6.39 Å². The Kier molecular flexibility index (Phi) is 3.78. The molecule has 2 aromatic rings. The van der Waals surface area contributed by atoms with E-state index in [-0.39, 0.29) is 11.8 Å². The number of hydrogen-bond acceptors (Lipinski definition) is 6. The zero-order valence-electron chi connectivity index (χ0n) is 10.3. The Labute approximate surface area is 105 Å². The van der Waals surface area contributed by atoms with Crippen LogP contribution in [-0.4, -0.2) is 22.4 Å². The molecule has 1 unspecified atom stereocenters. The molecule has 1 aromatic heterocycles. The van der Waals surface area contributed by atoms with Crippen molar-refractivity contribution in [1.82, 2.24) is 15.5 Å². The van der Waals surface area contributed by atoms with Crippen LogP contribution in [0.15, 0.2) is 29.1 Å². The second kappa shape index (κ2) is 5.50. The van der Waals surface area contributed by atoms with Gasteiger partial charge in [-0.1, -0.05) is 5.16 Å². The summed E-state index contributed by atoms with van der Waals surface area (Å²) in [6.07, 6.45) is 1.28. The maximum absolute atomic E-state index is 9.81. The summed E-state index contributed by atoms with van der Waals surface area (Å²) < 4.78 is 9.77. The van der Waals surface area contributed by atoms with Crippen molar-refractivity contribution in [2.45, 2.75) is 19.5 Å². The van der Waals surface area contributed by atoms with Crippen molar-refractivity contribution in [2.24, 2.45) is 0 Å². The monoisotopic (exact) mass is 249 g/mol. The molecule has 0 amide bonds. The number of phenolic OH excluding ortho intramolecular Hbond substituents is 1. The lowest BCUT2D eigenvalue weighted by molar-refractivity contribution is 0.400. The third-order valence-corrected chi connectivity index (χ3v) is 2.67. The number of rotatable bonds is 5. The van der Waals surface area contributed by atoms with E-state index < -0.39 is 0 Å². The van der Waals surface area contributed by atoms with Crippen LogP contribution >= 0.6 is 0 Å². The molecule has 1 atom stereocenters. The van der Waals surface area contributed by atoms with E-state index in [4.69, 9.17) is 4.74 Å². The Morgan fingerprint density at radius 3 is 3.00 bits per heavy atom. The summed E-state index contributed by atoms with van der Waals surface area (Å²) in [5.41, 5.74) is 0.762. The van der Waals surface area contributed by atoms with Crippen molar-refractivity contribution in [3.05, 3.63) is 36.0 Å². The highest BCUT2D eigenvalue weighted by atomic mass is 16.5. The smallest absolute Gasteiger partial charge is 0.213 e. The van der Waals surface area contributed by atoms with Gasteiger partial charge in [-0.15, -0.1) is 0 Å². The van der Waals surface area contributed by atoms with E-state index in [0.717, 1.165) is 5.56 Å². The minimum absolute atomic E-state index is 0.0569. The number of nitrogens with one attached hydrogen (secondary N) is 1. The van der Waals surface area contributed by atoms with Crippen LogP contribution in [0.1, 0.15) is 24.4 Å². The molecule has 0 radical (unpaired) electrons. The number of benzene rings is 1. The van der Waals surface area contributed by atoms with Crippen LogP contribution in [0.3, 0.4) is 0 Å². The highest BCUT2D eigenvalue weighted by molar-refractivity contribution is 5.41. The number of phenols is 1. The molecule has 0 bridgehead atoms. The minimum atomic E-state index is -0.0569. The minimum Gasteiger partial charge on any atom is -0.508 e. The van der Waals surface area contributed by atoms with E-state index in [2.05, 4.69) is 20.0 Å². The first kappa shape index (κ1) is 12.4. The van der Waals surface area contributed by atoms with E-state index in [9.17, 15) is 5.11 Å². The summed E-state index contributed by atoms with van der Waals surface area (Å²) in [5.74, 6) is 1.50. The maximum atomic E-state index is 9.81. The van der Waals surface area contributed by atoms with Gasteiger partial charge in [0, 0.05) is 11.6 Å². The van der Waals surface area contributed by atoms with Crippen LogP contribution < -0.4 is 10.1 Å². The number of hydrogen-bond donors (Lipinski definition) is 2. The van der Waals surface area contributed by atoms with Crippen molar-refractivity contribution >= 4 is 0 Å². The second-order valence-electron chi connectivity index (χ2n) is 3.87. The number of methoxy groups -OCH3 is 1. The van der Waals surface area contributed by atoms with Crippen molar-refractivity contribution in [2.75, 3.05) is 7.11 Å². The number of nitrogens with zero attached hydrogens (tertiary/aromatic N) is 2. The van der Waals surface area contributed by atoms with E-state index in [1.54, 1.807) is 25.3 Å². The summed E-state index contributed by atoms with van der Waals surface area (Å²) in [7, 11) is 1.59. The summed E-state index contributed by atoms with van der Waals surface area (Å²) in [4.78, 5) is 3.91. The van der Waals surface area contributed by atoms with Gasteiger partial charge in [0.25, 0.3) is 0 Å². The molecule has 1 heterocycles. The molecule has 0 saturated heterocycles. The first-order valence-corrected chi connectivity index (χ1v) is 5.56. The predicted molar refractivity (Wildman–Crippen MR) is 64.2 cm³/mol. The van der Waals surface area contributed by atoms with E-state index in [1.807, 2.05) is 6.92 Å². The van der Waals surface area contributed by atoms with Crippen LogP contribution in [0.2, 0.25) is 0 Å². The predicted octanol–water partition coefficient (Wildman–Crippen LogP) is 1.63. The number of aromatic hydroxyl groups is 1. The lowest BCUT2D eigenvalue weighted by Gasteiger charge is -2.15. The summed E-state index contributed by atoms with van der Waals surface area (Å²) in [6, 6.07) is 5.06. The molecule has 96 valence electrons. The quantitative estimate of drug-likeness (QED) is 0.838. The van der Waals surface area contributed by atoms with Gasteiger partial charge < -0.3 is 19.7 Å². The molecule has 6 nitrogen and oxygen atoms in total. The largest absolute Gasteiger partial charge is 0.508 e. The van der Waals surface area contributed by atoms with Crippen LogP contribution in [0.25, 0.3) is 0 Å². The number of ether oxygens (including phenoxy) is 1. The average molecular weight is 249 g/mol. The topological polar surface area (TPSA) is 80.4 Å². The van der Waals surface area contributed by atoms with E-state index >= 15 is 0 Å². The molecular formula is C12H15N3O3. The lowest BCUT2D eigenvalue weighted by atomic mass is 10.1. The number of aromatic nitrogens is 2. The first-order valence-electron chi connectivity index (χ1n) is 5.56. The lowest BCUT2D eigenvalue weighted by Crippen LogP contribution is -2.19. The van der Waals surface area contributed by atoms with Crippen molar-refractivity contribution in [3.8, 4) is 11.5 Å². The third-order valence-electron chi connectivity index (χ3n) is 2.67. The molecule has 0 aliphatic heterocycles. The highest BCUT2D eigenvalue weighted by Crippen LogP contribution is 2.28. The molecule has 6 heteroatoms. The Morgan fingerprint density at radius 2 is 2.33 bits per heavy atom. The molecule has 0 fully saturated rings. The molecule has 2 rings (SSSR count). The molecule has 1 aromatic carbocycles. The average Bonchev–Trinajstić information content (AvgIpc) is 2.89. The van der Waals surface area contributed by atoms with Crippen LogP contribution in [0, 0.1) is 0 Å². The van der Waals surface area contributed by atoms with Gasteiger partial charge in [0.15, 0.2) is 5.82 Å². The summed E-state index contributed by atoms with van der Waals surface area (Å²) in [6.45, 7) is 2.41. The summed E-state index contributed by atoms with van der Waals surface area (Å²) in [5, 5.41) is 16.7. The fraction of sp³-hybridized carbons (Fsp3) is 0.333. The van der Waals surface area contributed by atoms with Gasteiger partial charge in [0.1, 0.15) is 11.5 Å². The Morgan fingerprint density at radius 1 is 1.50 bits per heavy atom. The highest BCUT2D eigenvalue weighted by Gasteiger charge is 2.12. The Bertz CT molecular complexity index is 499. The second-order valence-corrected chi connectivity index (χ2v) is 3.87. The van der Waals surface area contributed by atoms with Crippen molar-refractivity contribution < 1.29 is 14.4 Å². The van der Waals surface area contributed by atoms with Gasteiger partial charge in [-0.2, -0.15) is 4.98 Å². The van der Waals surface area contributed by atoms with Crippen molar-refractivity contribution in [3.63, 3.8) is 0 Å². The zero-order chi connectivity index (χ0) is 13.0. The van der Waals surface area contributed by atoms with Gasteiger partial charge in [-0.3, -0.25) is 0 Å².